The maximum atomic E-state index is 3.55. The molecule has 0 aliphatic rings. The second-order valence-electron chi connectivity index (χ2n) is 6.68. The molecule has 1 heteroatoms. The van der Waals surface area contributed by atoms with Crippen LogP contribution in [0.15, 0.2) is 24.3 Å². The van der Waals surface area contributed by atoms with E-state index in [0.717, 1.165) is 19.0 Å². The van der Waals surface area contributed by atoms with Crippen LogP contribution < -0.4 is 5.32 Å². The first kappa shape index (κ1) is 16.2. The molecule has 0 fully saturated rings. The Morgan fingerprint density at radius 1 is 1.21 bits per heavy atom. The lowest BCUT2D eigenvalue weighted by molar-refractivity contribution is 0.442. The minimum atomic E-state index is 0.258. The average Bonchev–Trinajstić information content (AvgIpc) is 2.35. The molecule has 0 saturated heterocycles. The van der Waals surface area contributed by atoms with Crippen LogP contribution in [0, 0.1) is 5.92 Å². The first-order valence-corrected chi connectivity index (χ1v) is 7.76. The first-order valence-electron chi connectivity index (χ1n) is 7.76. The molecule has 0 amide bonds. The largest absolute Gasteiger partial charge is 0.316 e. The molecular formula is C18H31N. The number of benzene rings is 1. The van der Waals surface area contributed by atoms with E-state index in [4.69, 9.17) is 0 Å². The predicted molar refractivity (Wildman–Crippen MR) is 85.8 cm³/mol. The van der Waals surface area contributed by atoms with Gasteiger partial charge in [0.25, 0.3) is 0 Å². The summed E-state index contributed by atoms with van der Waals surface area (Å²) >= 11 is 0. The van der Waals surface area contributed by atoms with Crippen molar-refractivity contribution in [1.82, 2.24) is 5.32 Å². The van der Waals surface area contributed by atoms with Crippen molar-refractivity contribution < 1.29 is 0 Å². The zero-order chi connectivity index (χ0) is 14.3. The van der Waals surface area contributed by atoms with Crippen LogP contribution in [-0.2, 0) is 11.8 Å². The normalized spacial score (nSPS) is 12.1. The van der Waals surface area contributed by atoms with Crippen LogP contribution in [0.5, 0.6) is 0 Å². The number of hydrogen-bond acceptors (Lipinski definition) is 1. The smallest absolute Gasteiger partial charge is 0.00258 e. The van der Waals surface area contributed by atoms with Gasteiger partial charge in [-0.25, -0.2) is 0 Å². The Labute approximate surface area is 119 Å². The Bertz CT molecular complexity index is 366. The predicted octanol–water partition coefficient (Wildman–Crippen LogP) is 4.55. The van der Waals surface area contributed by atoms with E-state index in [0.29, 0.717) is 0 Å². The zero-order valence-corrected chi connectivity index (χ0v) is 13.4. The van der Waals surface area contributed by atoms with E-state index in [1.54, 1.807) is 0 Å². The van der Waals surface area contributed by atoms with Crippen molar-refractivity contribution in [2.24, 2.45) is 5.92 Å². The van der Waals surface area contributed by atoms with Crippen LogP contribution in [-0.4, -0.2) is 13.1 Å². The molecule has 0 heterocycles. The molecule has 0 unspecified atom stereocenters. The summed E-state index contributed by atoms with van der Waals surface area (Å²) in [5.41, 5.74) is 3.21. The number of nitrogens with one attached hydrogen (secondary N) is 1. The van der Waals surface area contributed by atoms with Gasteiger partial charge in [0.05, 0.1) is 0 Å². The van der Waals surface area contributed by atoms with Gasteiger partial charge in [0, 0.05) is 0 Å². The molecule has 1 nitrogen and oxygen atoms in total. The van der Waals surface area contributed by atoms with Crippen LogP contribution in [0.25, 0.3) is 0 Å². The van der Waals surface area contributed by atoms with E-state index in [1.807, 2.05) is 0 Å². The molecule has 19 heavy (non-hydrogen) atoms. The fourth-order valence-electron chi connectivity index (χ4n) is 2.37. The van der Waals surface area contributed by atoms with Gasteiger partial charge in [-0.3, -0.25) is 0 Å². The van der Waals surface area contributed by atoms with Crippen molar-refractivity contribution >= 4 is 0 Å². The number of hydrogen-bond donors (Lipinski definition) is 1. The molecule has 0 saturated carbocycles. The summed E-state index contributed by atoms with van der Waals surface area (Å²) in [6.07, 6.45) is 3.60. The quantitative estimate of drug-likeness (QED) is 0.677. The third kappa shape index (κ3) is 5.78. The van der Waals surface area contributed by atoms with Crippen molar-refractivity contribution in [1.29, 1.82) is 0 Å². The lowest BCUT2D eigenvalue weighted by Gasteiger charge is -2.26. The minimum absolute atomic E-state index is 0.258. The van der Waals surface area contributed by atoms with Crippen molar-refractivity contribution in [3.63, 3.8) is 0 Å². The lowest BCUT2D eigenvalue weighted by atomic mass is 9.80. The first-order chi connectivity index (χ1) is 8.95. The van der Waals surface area contributed by atoms with E-state index in [2.05, 4.69) is 64.2 Å². The highest BCUT2D eigenvalue weighted by Crippen LogP contribution is 2.27. The lowest BCUT2D eigenvalue weighted by Crippen LogP contribution is -2.27. The highest BCUT2D eigenvalue weighted by atomic mass is 14.8. The zero-order valence-electron chi connectivity index (χ0n) is 13.4. The fourth-order valence-corrected chi connectivity index (χ4v) is 2.37. The van der Waals surface area contributed by atoms with E-state index in [9.17, 15) is 0 Å². The molecule has 0 aromatic heterocycles. The highest BCUT2D eigenvalue weighted by Gasteiger charge is 2.20. The summed E-state index contributed by atoms with van der Waals surface area (Å²) in [6, 6.07) is 9.14. The molecular weight excluding hydrogens is 230 g/mol. The number of rotatable bonds is 8. The van der Waals surface area contributed by atoms with Crippen molar-refractivity contribution in [2.75, 3.05) is 13.1 Å². The Balaban J connectivity index is 2.57. The topological polar surface area (TPSA) is 12.0 Å². The third-order valence-electron chi connectivity index (χ3n) is 3.73. The molecule has 1 N–H and O–H groups in total. The van der Waals surface area contributed by atoms with Gasteiger partial charge in [0.15, 0.2) is 0 Å². The summed E-state index contributed by atoms with van der Waals surface area (Å²) in [5, 5.41) is 3.55. The highest BCUT2D eigenvalue weighted by molar-refractivity contribution is 5.29. The molecule has 1 aromatic carbocycles. The van der Waals surface area contributed by atoms with Gasteiger partial charge in [-0.1, -0.05) is 65.3 Å². The van der Waals surface area contributed by atoms with Gasteiger partial charge in [-0.2, -0.15) is 0 Å². The summed E-state index contributed by atoms with van der Waals surface area (Å²) in [4.78, 5) is 0. The van der Waals surface area contributed by atoms with E-state index in [-0.39, 0.29) is 5.41 Å². The third-order valence-corrected chi connectivity index (χ3v) is 3.73. The summed E-state index contributed by atoms with van der Waals surface area (Å²) < 4.78 is 0. The SMILES string of the molecule is CCCc1cccc(C(C)(C)CCNCC(C)C)c1. The summed E-state index contributed by atoms with van der Waals surface area (Å²) in [6.45, 7) is 13.7. The van der Waals surface area contributed by atoms with Crippen LogP contribution in [0.3, 0.4) is 0 Å². The van der Waals surface area contributed by atoms with Crippen molar-refractivity contribution in [2.45, 2.75) is 59.3 Å². The second-order valence-corrected chi connectivity index (χ2v) is 6.68. The second kappa shape index (κ2) is 7.69. The Kier molecular flexibility index (Phi) is 6.57. The Hall–Kier alpha value is -0.820. The van der Waals surface area contributed by atoms with E-state index in [1.165, 1.54) is 30.4 Å². The van der Waals surface area contributed by atoms with Gasteiger partial charge < -0.3 is 5.32 Å². The van der Waals surface area contributed by atoms with Crippen molar-refractivity contribution in [3.8, 4) is 0 Å². The molecule has 108 valence electrons. The molecule has 0 aliphatic heterocycles. The molecule has 1 rings (SSSR count). The Morgan fingerprint density at radius 2 is 1.95 bits per heavy atom. The molecule has 0 atom stereocenters. The molecule has 0 aliphatic carbocycles. The van der Waals surface area contributed by atoms with Crippen LogP contribution in [0.1, 0.15) is 58.6 Å². The minimum Gasteiger partial charge on any atom is -0.316 e. The summed E-state index contributed by atoms with van der Waals surface area (Å²) in [7, 11) is 0. The maximum Gasteiger partial charge on any atom is -0.00258 e. The van der Waals surface area contributed by atoms with Crippen LogP contribution in [0.4, 0.5) is 0 Å². The number of aryl methyl sites for hydroxylation is 1. The van der Waals surface area contributed by atoms with Crippen molar-refractivity contribution in [3.05, 3.63) is 35.4 Å². The maximum absolute atomic E-state index is 3.55. The average molecular weight is 261 g/mol. The standard InChI is InChI=1S/C18H31N/c1-6-8-16-9-7-10-17(13-16)18(4,5)11-12-19-14-15(2)3/h7,9-10,13,15,19H,6,8,11-12,14H2,1-5H3. The van der Waals surface area contributed by atoms with Gasteiger partial charge in [0.1, 0.15) is 0 Å². The van der Waals surface area contributed by atoms with Crippen LogP contribution in [0.2, 0.25) is 0 Å². The molecule has 0 spiro atoms. The van der Waals surface area contributed by atoms with Gasteiger partial charge in [0.2, 0.25) is 0 Å². The van der Waals surface area contributed by atoms with Gasteiger partial charge in [-0.15, -0.1) is 0 Å². The van der Waals surface area contributed by atoms with E-state index >= 15 is 0 Å². The van der Waals surface area contributed by atoms with E-state index < -0.39 is 0 Å². The monoisotopic (exact) mass is 261 g/mol. The fraction of sp³-hybridized carbons (Fsp3) is 0.667. The Morgan fingerprint density at radius 3 is 2.58 bits per heavy atom. The van der Waals surface area contributed by atoms with Gasteiger partial charge >= 0.3 is 0 Å². The van der Waals surface area contributed by atoms with Gasteiger partial charge in [-0.05, 0) is 48.4 Å². The van der Waals surface area contributed by atoms with Crippen LogP contribution >= 0.6 is 0 Å². The summed E-state index contributed by atoms with van der Waals surface area (Å²) in [5.74, 6) is 0.732. The molecule has 0 bridgehead atoms. The molecule has 1 aromatic rings. The molecule has 0 radical (unpaired) electrons.